The van der Waals surface area contributed by atoms with Gasteiger partial charge in [0.25, 0.3) is 0 Å². The average molecular weight is 565 g/mol. The van der Waals surface area contributed by atoms with Crippen molar-refractivity contribution in [3.8, 4) is 0 Å². The third kappa shape index (κ3) is 24.5. The first-order chi connectivity index (χ1) is 19.8. The van der Waals surface area contributed by atoms with E-state index in [2.05, 4.69) is 0 Å². The fourth-order valence-corrected chi connectivity index (χ4v) is 6.97. The molecule has 2 heteroatoms. The summed E-state index contributed by atoms with van der Waals surface area (Å²) < 4.78 is 0. The predicted octanol–water partition coefficient (Wildman–Crippen LogP) is 12.6. The van der Waals surface area contributed by atoms with E-state index in [-0.39, 0.29) is 18.6 Å². The molecule has 3 aliphatic carbocycles. The monoisotopic (exact) mass is 565 g/mol. The SMILES string of the molecule is C1CCCCCCCCCCC1.C1CCCCCCCCCCC1.OCC1(CO)CCCCCCCCCCC1. The Labute approximate surface area is 253 Å². The zero-order valence-corrected chi connectivity index (χ0v) is 27.6. The quantitative estimate of drug-likeness (QED) is 0.350. The van der Waals surface area contributed by atoms with Crippen molar-refractivity contribution in [3.63, 3.8) is 0 Å². The zero-order valence-electron chi connectivity index (χ0n) is 27.6. The van der Waals surface area contributed by atoms with Crippen LogP contribution in [0.2, 0.25) is 0 Å². The molecule has 0 saturated heterocycles. The minimum absolute atomic E-state index is 0.156. The molecule has 0 bridgehead atoms. The summed E-state index contributed by atoms with van der Waals surface area (Å²) in [7, 11) is 0. The van der Waals surface area contributed by atoms with Crippen molar-refractivity contribution in [3.05, 3.63) is 0 Å². The van der Waals surface area contributed by atoms with Crippen LogP contribution < -0.4 is 0 Å². The highest BCUT2D eigenvalue weighted by atomic mass is 16.3. The van der Waals surface area contributed by atoms with E-state index in [0.717, 1.165) is 12.8 Å². The van der Waals surface area contributed by atoms with Crippen molar-refractivity contribution in [1.82, 2.24) is 0 Å². The lowest BCUT2D eigenvalue weighted by molar-refractivity contribution is 0.0351. The second-order valence-electron chi connectivity index (χ2n) is 14.0. The van der Waals surface area contributed by atoms with Crippen LogP contribution in [0.5, 0.6) is 0 Å². The number of aliphatic hydroxyl groups excluding tert-OH is 2. The van der Waals surface area contributed by atoms with E-state index < -0.39 is 0 Å². The second-order valence-corrected chi connectivity index (χ2v) is 14.0. The number of hydrogen-bond donors (Lipinski definition) is 2. The average Bonchev–Trinajstić information content (AvgIpc) is 2.95. The summed E-state index contributed by atoms with van der Waals surface area (Å²) in [6.45, 7) is 0.312. The van der Waals surface area contributed by atoms with Gasteiger partial charge in [0.2, 0.25) is 0 Å². The van der Waals surface area contributed by atoms with Gasteiger partial charge in [-0.2, -0.15) is 0 Å². The Morgan fingerprint density at radius 2 is 0.350 bits per heavy atom. The van der Waals surface area contributed by atoms with E-state index >= 15 is 0 Å². The molecular formula is C38H76O2. The van der Waals surface area contributed by atoms with Crippen LogP contribution in [0.25, 0.3) is 0 Å². The first kappa shape index (κ1) is 37.9. The Balaban J connectivity index is 0.000000305. The van der Waals surface area contributed by atoms with Crippen molar-refractivity contribution in [2.24, 2.45) is 5.41 Å². The minimum atomic E-state index is -0.181. The number of hydrogen-bond acceptors (Lipinski definition) is 2. The van der Waals surface area contributed by atoms with Gasteiger partial charge < -0.3 is 10.2 Å². The van der Waals surface area contributed by atoms with Crippen molar-refractivity contribution in [2.45, 2.75) is 225 Å². The normalized spacial score (nSPS) is 24.1. The van der Waals surface area contributed by atoms with Gasteiger partial charge in [-0.3, -0.25) is 0 Å². The van der Waals surface area contributed by atoms with E-state index in [0.29, 0.717) is 0 Å². The van der Waals surface area contributed by atoms with Crippen molar-refractivity contribution >= 4 is 0 Å². The fraction of sp³-hybridized carbons (Fsp3) is 1.00. The molecule has 240 valence electrons. The molecule has 0 aromatic rings. The standard InChI is InChI=1S/C14H28O2.2C12H24/c15-12-14(13-16)10-8-6-4-2-1-3-5-7-9-11-14;2*1-2-4-6-8-10-12-11-9-7-5-3-1/h15-16H,1-13H2;2*1-12H2. The van der Waals surface area contributed by atoms with Crippen LogP contribution in [-0.2, 0) is 0 Å². The molecule has 2 N–H and O–H groups in total. The fourth-order valence-electron chi connectivity index (χ4n) is 6.97. The van der Waals surface area contributed by atoms with Crippen LogP contribution in [-0.4, -0.2) is 23.4 Å². The van der Waals surface area contributed by atoms with Crippen molar-refractivity contribution in [2.75, 3.05) is 13.2 Å². The molecular weight excluding hydrogens is 488 g/mol. The molecule has 0 aromatic carbocycles. The predicted molar refractivity (Wildman–Crippen MR) is 178 cm³/mol. The summed E-state index contributed by atoms with van der Waals surface area (Å²) in [5, 5.41) is 19.0. The van der Waals surface area contributed by atoms with Gasteiger partial charge in [-0.1, -0.05) is 212 Å². The highest BCUT2D eigenvalue weighted by molar-refractivity contribution is 4.78. The molecule has 0 radical (unpaired) electrons. The van der Waals surface area contributed by atoms with Crippen LogP contribution in [0.3, 0.4) is 0 Å². The summed E-state index contributed by atoms with van der Waals surface area (Å²) in [5.74, 6) is 0. The third-order valence-corrected chi connectivity index (χ3v) is 10.1. The van der Waals surface area contributed by atoms with Crippen LogP contribution in [0.4, 0.5) is 0 Å². The molecule has 3 rings (SSSR count). The first-order valence-corrected chi connectivity index (χ1v) is 19.0. The Kier molecular flexibility index (Phi) is 28.8. The maximum Gasteiger partial charge on any atom is 0.0509 e. The van der Waals surface area contributed by atoms with Crippen molar-refractivity contribution < 1.29 is 10.2 Å². The van der Waals surface area contributed by atoms with Crippen LogP contribution in [0, 0.1) is 5.41 Å². The summed E-state index contributed by atoms with van der Waals surface area (Å²) >= 11 is 0. The summed E-state index contributed by atoms with van der Waals surface area (Å²) in [4.78, 5) is 0. The molecule has 0 aromatic heterocycles. The Morgan fingerprint density at radius 1 is 0.225 bits per heavy atom. The minimum Gasteiger partial charge on any atom is -0.396 e. The van der Waals surface area contributed by atoms with Crippen LogP contribution in [0.1, 0.15) is 225 Å². The Bertz CT molecular complexity index is 348. The molecule has 3 saturated carbocycles. The van der Waals surface area contributed by atoms with Gasteiger partial charge in [-0.25, -0.2) is 0 Å². The Morgan fingerprint density at radius 3 is 0.475 bits per heavy atom. The molecule has 0 atom stereocenters. The molecule has 0 heterocycles. The number of rotatable bonds is 2. The Hall–Kier alpha value is -0.0800. The molecule has 0 unspecified atom stereocenters. The van der Waals surface area contributed by atoms with Gasteiger partial charge in [0.05, 0.1) is 13.2 Å². The maximum absolute atomic E-state index is 9.49. The molecule has 0 aliphatic heterocycles. The molecule has 40 heavy (non-hydrogen) atoms. The van der Waals surface area contributed by atoms with E-state index in [9.17, 15) is 10.2 Å². The third-order valence-electron chi connectivity index (χ3n) is 10.1. The van der Waals surface area contributed by atoms with Crippen molar-refractivity contribution in [1.29, 1.82) is 0 Å². The first-order valence-electron chi connectivity index (χ1n) is 19.0. The highest BCUT2D eigenvalue weighted by Crippen LogP contribution is 2.31. The van der Waals surface area contributed by atoms with Gasteiger partial charge >= 0.3 is 0 Å². The van der Waals surface area contributed by atoms with Gasteiger partial charge in [0.1, 0.15) is 0 Å². The maximum atomic E-state index is 9.49. The van der Waals surface area contributed by atoms with Gasteiger partial charge in [-0.05, 0) is 12.8 Å². The molecule has 3 aliphatic rings. The van der Waals surface area contributed by atoms with E-state index in [1.54, 1.807) is 0 Å². The topological polar surface area (TPSA) is 40.5 Å². The second kappa shape index (κ2) is 30.4. The van der Waals surface area contributed by atoms with Gasteiger partial charge in [0, 0.05) is 5.41 Å². The van der Waals surface area contributed by atoms with Crippen LogP contribution in [0.15, 0.2) is 0 Å². The lowest BCUT2D eigenvalue weighted by atomic mass is 9.79. The zero-order chi connectivity index (χ0) is 28.7. The number of aliphatic hydroxyl groups is 2. The van der Waals surface area contributed by atoms with E-state index in [1.807, 2.05) is 0 Å². The smallest absolute Gasteiger partial charge is 0.0509 e. The molecule has 3 fully saturated rings. The highest BCUT2D eigenvalue weighted by Gasteiger charge is 2.27. The van der Waals surface area contributed by atoms with Crippen LogP contribution >= 0.6 is 0 Å². The molecule has 0 amide bonds. The molecule has 2 nitrogen and oxygen atoms in total. The van der Waals surface area contributed by atoms with Gasteiger partial charge in [0.15, 0.2) is 0 Å². The lowest BCUT2D eigenvalue weighted by Gasteiger charge is -2.30. The summed E-state index contributed by atoms with van der Waals surface area (Å²) in [5.41, 5.74) is -0.181. The van der Waals surface area contributed by atoms with Gasteiger partial charge in [-0.15, -0.1) is 0 Å². The largest absolute Gasteiger partial charge is 0.396 e. The van der Waals surface area contributed by atoms with E-state index in [4.69, 9.17) is 0 Å². The summed E-state index contributed by atoms with van der Waals surface area (Å²) in [6.07, 6.45) is 49.6. The van der Waals surface area contributed by atoms with E-state index in [1.165, 1.54) is 212 Å². The summed E-state index contributed by atoms with van der Waals surface area (Å²) in [6, 6.07) is 0. The lowest BCUT2D eigenvalue weighted by Crippen LogP contribution is -2.30. The molecule has 0 spiro atoms.